The van der Waals surface area contributed by atoms with Crippen LogP contribution < -0.4 is 11.3 Å². The molecule has 2 aliphatic rings. The molecular weight excluding hydrogens is 716 g/mol. The van der Waals surface area contributed by atoms with Crippen molar-refractivity contribution in [2.75, 3.05) is 13.2 Å². The van der Waals surface area contributed by atoms with Gasteiger partial charge in [0.15, 0.2) is 23.3 Å². The lowest BCUT2D eigenvalue weighted by Gasteiger charge is -2.46. The summed E-state index contributed by atoms with van der Waals surface area (Å²) in [6.07, 6.45) is -12.7. The number of aliphatic hydroxyl groups excluding tert-OH is 6. The van der Waals surface area contributed by atoms with Gasteiger partial charge in [-0.15, -0.1) is 0 Å². The quantitative estimate of drug-likeness (QED) is 0.0964. The summed E-state index contributed by atoms with van der Waals surface area (Å²) in [7, 11) is 0. The van der Waals surface area contributed by atoms with Crippen LogP contribution in [-0.4, -0.2) is 104 Å². The van der Waals surface area contributed by atoms with Crippen LogP contribution in [0.15, 0.2) is 54.8 Å². The van der Waals surface area contributed by atoms with Gasteiger partial charge in [-0.1, -0.05) is 11.8 Å². The second-order valence-electron chi connectivity index (χ2n) is 11.8. The van der Waals surface area contributed by atoms with E-state index >= 15 is 0 Å². The molecular formula is C32H30F4O14S. The van der Waals surface area contributed by atoms with Gasteiger partial charge in [0, 0.05) is 22.9 Å². The summed E-state index contributed by atoms with van der Waals surface area (Å²) >= 11 is 0.603. The fraction of sp³-hybridized carbons (Fsp3) is 0.438. The molecule has 2 fully saturated rings. The molecule has 6 N–H and O–H groups in total. The lowest BCUT2D eigenvalue weighted by atomic mass is 9.99. The Balaban J connectivity index is 1.18. The van der Waals surface area contributed by atoms with E-state index in [1.165, 1.54) is 12.1 Å². The molecule has 2 aromatic heterocycles. The van der Waals surface area contributed by atoms with E-state index in [1.807, 2.05) is 0 Å². The number of benzene rings is 2. The molecule has 10 atom stereocenters. The minimum Gasteiger partial charge on any atom is -0.422 e. The van der Waals surface area contributed by atoms with Crippen LogP contribution in [0.3, 0.4) is 0 Å². The fourth-order valence-corrected chi connectivity index (χ4v) is 7.05. The number of thioether (sulfide) groups is 1. The second-order valence-corrected chi connectivity index (χ2v) is 13.0. The average molecular weight is 747 g/mol. The number of rotatable bonds is 10. The predicted octanol–water partition coefficient (Wildman–Crippen LogP) is 0.538. The summed E-state index contributed by atoms with van der Waals surface area (Å²) in [6.45, 7) is -2.77. The third kappa shape index (κ3) is 7.55. The maximum Gasteiger partial charge on any atom is 0.341 e. The van der Waals surface area contributed by atoms with Crippen molar-refractivity contribution in [2.45, 2.75) is 72.9 Å². The molecule has 2 saturated heterocycles. The smallest absolute Gasteiger partial charge is 0.341 e. The Hall–Kier alpha value is -3.47. The standard InChI is InChI=1S/C32H30F4O14S/c33-15-3-11-1-13(29(43)47-19(11)5-17(15)35)9-45-27-23(39)21(7-37)49-31(25(27)41)51-32-26(42)28(24(40)22(8-38)50-32)46-10-14-2-12-4-16(34)18(36)6-20(12)48-30(14)44/h1-6,21-28,31-32,37-42H,7-10H2/t21?,22?,23-,24-,25-,26+,27?,28?,31-,32-/m0/s1. The first-order valence-electron chi connectivity index (χ1n) is 15.3. The van der Waals surface area contributed by atoms with Crippen molar-refractivity contribution < 1.29 is 76.0 Å². The molecule has 276 valence electrons. The normalized spacial score (nSPS) is 29.9. The Morgan fingerprint density at radius 3 is 1.33 bits per heavy atom. The largest absolute Gasteiger partial charge is 0.422 e. The number of aliphatic hydroxyl groups is 6. The topological polar surface area (TPSA) is 219 Å². The van der Waals surface area contributed by atoms with E-state index in [4.69, 9.17) is 27.8 Å². The number of hydrogen-bond donors (Lipinski definition) is 6. The van der Waals surface area contributed by atoms with Crippen molar-refractivity contribution in [1.29, 1.82) is 0 Å². The number of halogens is 4. The molecule has 51 heavy (non-hydrogen) atoms. The summed E-state index contributed by atoms with van der Waals surface area (Å²) in [5.74, 6) is -4.87. The average Bonchev–Trinajstić information content (AvgIpc) is 3.09. The molecule has 19 heteroatoms. The van der Waals surface area contributed by atoms with Crippen LogP contribution in [0.5, 0.6) is 0 Å². The molecule has 4 aromatic rings. The molecule has 0 aliphatic carbocycles. The first-order valence-corrected chi connectivity index (χ1v) is 16.2. The van der Waals surface area contributed by atoms with Gasteiger partial charge in [-0.05, 0) is 24.3 Å². The molecule has 2 aliphatic heterocycles. The van der Waals surface area contributed by atoms with Gasteiger partial charge in [-0.25, -0.2) is 27.2 Å². The molecule has 2 aromatic carbocycles. The first kappa shape index (κ1) is 37.3. The van der Waals surface area contributed by atoms with Gasteiger partial charge in [0.25, 0.3) is 0 Å². The lowest BCUT2D eigenvalue weighted by Crippen LogP contribution is -2.61. The van der Waals surface area contributed by atoms with Crippen LogP contribution in [0.4, 0.5) is 17.6 Å². The zero-order valence-corrected chi connectivity index (χ0v) is 26.8. The van der Waals surface area contributed by atoms with E-state index in [0.29, 0.717) is 23.9 Å². The van der Waals surface area contributed by atoms with E-state index in [0.717, 1.165) is 12.1 Å². The van der Waals surface area contributed by atoms with Crippen molar-refractivity contribution in [3.8, 4) is 0 Å². The zero-order valence-electron chi connectivity index (χ0n) is 25.9. The molecule has 0 bridgehead atoms. The molecule has 4 heterocycles. The van der Waals surface area contributed by atoms with E-state index < -0.39 is 121 Å². The Labute approximate surface area is 287 Å². The van der Waals surface area contributed by atoms with Crippen molar-refractivity contribution in [1.82, 2.24) is 0 Å². The summed E-state index contributed by atoms with van der Waals surface area (Å²) in [5, 5.41) is 63.8. The van der Waals surface area contributed by atoms with E-state index in [9.17, 15) is 57.8 Å². The Kier molecular flexibility index (Phi) is 11.2. The number of ether oxygens (including phenoxy) is 4. The molecule has 0 spiro atoms. The van der Waals surface area contributed by atoms with Crippen molar-refractivity contribution in [3.63, 3.8) is 0 Å². The van der Waals surface area contributed by atoms with Crippen LogP contribution >= 0.6 is 11.8 Å². The maximum atomic E-state index is 13.8. The molecule has 0 amide bonds. The maximum absolute atomic E-state index is 13.8. The number of hydrogen-bond acceptors (Lipinski definition) is 15. The first-order chi connectivity index (χ1) is 24.3. The van der Waals surface area contributed by atoms with Gasteiger partial charge in [0.2, 0.25) is 0 Å². The van der Waals surface area contributed by atoms with Gasteiger partial charge in [0.1, 0.15) is 70.9 Å². The van der Waals surface area contributed by atoms with Crippen LogP contribution in [0.1, 0.15) is 11.1 Å². The molecule has 6 rings (SSSR count). The summed E-state index contributed by atoms with van der Waals surface area (Å²) in [4.78, 5) is 25.0. The van der Waals surface area contributed by atoms with Crippen LogP contribution in [0, 0.1) is 23.3 Å². The minimum absolute atomic E-state index is 0.0217. The van der Waals surface area contributed by atoms with Gasteiger partial charge in [-0.3, -0.25) is 0 Å². The Morgan fingerprint density at radius 2 is 0.961 bits per heavy atom. The Morgan fingerprint density at radius 1 is 0.588 bits per heavy atom. The Bertz CT molecular complexity index is 1870. The van der Waals surface area contributed by atoms with Crippen molar-refractivity contribution in [2.24, 2.45) is 0 Å². The van der Waals surface area contributed by atoms with E-state index in [-0.39, 0.29) is 33.1 Å². The minimum atomic E-state index is -1.74. The van der Waals surface area contributed by atoms with Gasteiger partial charge < -0.3 is 58.4 Å². The monoisotopic (exact) mass is 746 g/mol. The zero-order chi connectivity index (χ0) is 36.7. The molecule has 0 saturated carbocycles. The van der Waals surface area contributed by atoms with Crippen LogP contribution in [0.2, 0.25) is 0 Å². The molecule has 14 nitrogen and oxygen atoms in total. The fourth-order valence-electron chi connectivity index (χ4n) is 5.74. The van der Waals surface area contributed by atoms with Crippen molar-refractivity contribution in [3.05, 3.63) is 91.6 Å². The highest BCUT2D eigenvalue weighted by Gasteiger charge is 2.51. The third-order valence-electron chi connectivity index (χ3n) is 8.47. The highest BCUT2D eigenvalue weighted by Crippen LogP contribution is 2.38. The second kappa shape index (κ2) is 15.2. The highest BCUT2D eigenvalue weighted by atomic mass is 32.2. The van der Waals surface area contributed by atoms with Crippen molar-refractivity contribution >= 4 is 33.7 Å². The van der Waals surface area contributed by atoms with E-state index in [1.54, 1.807) is 0 Å². The van der Waals surface area contributed by atoms with Crippen LogP contribution in [-0.2, 0) is 32.2 Å². The predicted molar refractivity (Wildman–Crippen MR) is 165 cm³/mol. The van der Waals surface area contributed by atoms with Gasteiger partial charge >= 0.3 is 11.3 Å². The van der Waals surface area contributed by atoms with E-state index in [2.05, 4.69) is 0 Å². The van der Waals surface area contributed by atoms with Gasteiger partial charge in [0.05, 0.1) is 37.6 Å². The summed E-state index contributed by atoms with van der Waals surface area (Å²) < 4.78 is 87.4. The number of fused-ring (bicyclic) bond motifs is 2. The summed E-state index contributed by atoms with van der Waals surface area (Å²) in [5.41, 5.74) is -5.67. The molecule has 0 radical (unpaired) electrons. The van der Waals surface area contributed by atoms with Gasteiger partial charge in [-0.2, -0.15) is 0 Å². The summed E-state index contributed by atoms with van der Waals surface area (Å²) in [6, 6.07) is 5.33. The SMILES string of the molecule is O=c1oc2cc(F)c(F)cc2cc1COC1[C@@H](O)C(CO)O[C@@H](S[C@@H]2OC(CO)[C@H](O)C(OCc3cc4cc(F)c(F)cc4oc3=O)[C@@H]2O)[C@@H]1O. The van der Waals surface area contributed by atoms with Crippen LogP contribution in [0.25, 0.3) is 21.9 Å². The third-order valence-corrected chi connectivity index (χ3v) is 9.79. The lowest BCUT2D eigenvalue weighted by molar-refractivity contribution is -0.231. The highest BCUT2D eigenvalue weighted by molar-refractivity contribution is 8.00. The molecule has 4 unspecified atom stereocenters.